The van der Waals surface area contributed by atoms with E-state index in [9.17, 15) is 5.26 Å². The van der Waals surface area contributed by atoms with Crippen LogP contribution < -0.4 is 5.32 Å². The molecule has 0 atom stereocenters. The van der Waals surface area contributed by atoms with E-state index >= 15 is 0 Å². The molecule has 0 spiro atoms. The highest BCUT2D eigenvalue weighted by Crippen LogP contribution is 2.26. The topological polar surface area (TPSA) is 48.7 Å². The number of pyridine rings is 1. The fourth-order valence-corrected chi connectivity index (χ4v) is 2.43. The van der Waals surface area contributed by atoms with Crippen LogP contribution in [0.25, 0.3) is 10.8 Å². The van der Waals surface area contributed by atoms with Gasteiger partial charge in [0, 0.05) is 22.7 Å². The van der Waals surface area contributed by atoms with Crippen LogP contribution >= 0.6 is 0 Å². The van der Waals surface area contributed by atoms with E-state index in [4.69, 9.17) is 0 Å². The molecule has 0 aliphatic rings. The molecule has 3 rings (SSSR count). The first-order valence-corrected chi connectivity index (χ1v) is 6.86. The van der Waals surface area contributed by atoms with Crippen LogP contribution in [0, 0.1) is 18.3 Å². The summed E-state index contributed by atoms with van der Waals surface area (Å²) >= 11 is 0. The standard InChI is InChI=1S/C18H15N3/c1-13-5-4-10-20-18(13)12-21-17-9-8-14(11-19)15-6-2-3-7-16(15)17/h2-10,21H,12H2,1H3. The van der Waals surface area contributed by atoms with Crippen LogP contribution in [0.3, 0.4) is 0 Å². The van der Waals surface area contributed by atoms with Gasteiger partial charge >= 0.3 is 0 Å². The van der Waals surface area contributed by atoms with Crippen molar-refractivity contribution in [3.8, 4) is 6.07 Å². The SMILES string of the molecule is Cc1cccnc1CNc1ccc(C#N)c2ccccc12. The minimum atomic E-state index is 0.669. The quantitative estimate of drug-likeness (QED) is 0.783. The van der Waals surface area contributed by atoms with Gasteiger partial charge in [-0.05, 0) is 30.7 Å². The van der Waals surface area contributed by atoms with Crippen LogP contribution in [-0.4, -0.2) is 4.98 Å². The third kappa shape index (κ3) is 2.56. The Bertz CT molecular complexity index is 831. The first-order chi connectivity index (χ1) is 10.3. The molecule has 0 bridgehead atoms. The molecule has 1 aromatic heterocycles. The molecule has 0 unspecified atom stereocenters. The molecule has 0 amide bonds. The summed E-state index contributed by atoms with van der Waals surface area (Å²) in [7, 11) is 0. The number of nitrogens with zero attached hydrogens (tertiary/aromatic N) is 2. The summed E-state index contributed by atoms with van der Waals surface area (Å²) in [5.74, 6) is 0. The van der Waals surface area contributed by atoms with Gasteiger partial charge in [-0.1, -0.05) is 30.3 Å². The molecule has 102 valence electrons. The van der Waals surface area contributed by atoms with Gasteiger partial charge in [0.05, 0.1) is 23.9 Å². The summed E-state index contributed by atoms with van der Waals surface area (Å²) in [6.45, 7) is 2.73. The zero-order valence-corrected chi connectivity index (χ0v) is 11.8. The number of nitriles is 1. The highest BCUT2D eigenvalue weighted by molar-refractivity contribution is 5.97. The Hall–Kier alpha value is -2.86. The number of benzene rings is 2. The van der Waals surface area contributed by atoms with E-state index < -0.39 is 0 Å². The summed E-state index contributed by atoms with van der Waals surface area (Å²) in [6.07, 6.45) is 1.81. The molecule has 2 aromatic carbocycles. The molecule has 0 radical (unpaired) electrons. The Morgan fingerprint density at radius 2 is 1.86 bits per heavy atom. The van der Waals surface area contributed by atoms with Crippen molar-refractivity contribution in [1.82, 2.24) is 4.98 Å². The monoisotopic (exact) mass is 273 g/mol. The maximum absolute atomic E-state index is 9.19. The Morgan fingerprint density at radius 1 is 1.05 bits per heavy atom. The third-order valence-corrected chi connectivity index (χ3v) is 3.61. The maximum Gasteiger partial charge on any atom is 0.0998 e. The molecule has 3 nitrogen and oxygen atoms in total. The second kappa shape index (κ2) is 5.64. The van der Waals surface area contributed by atoms with Crippen molar-refractivity contribution in [3.63, 3.8) is 0 Å². The highest BCUT2D eigenvalue weighted by Gasteiger charge is 2.06. The molecule has 0 saturated carbocycles. The van der Waals surface area contributed by atoms with Crippen LogP contribution in [0.2, 0.25) is 0 Å². The molecule has 1 heterocycles. The van der Waals surface area contributed by atoms with Gasteiger partial charge in [-0.15, -0.1) is 0 Å². The lowest BCUT2D eigenvalue weighted by atomic mass is 10.0. The van der Waals surface area contributed by atoms with Crippen molar-refractivity contribution in [2.75, 3.05) is 5.32 Å². The van der Waals surface area contributed by atoms with E-state index in [1.54, 1.807) is 6.20 Å². The summed E-state index contributed by atoms with van der Waals surface area (Å²) in [5, 5.41) is 14.6. The van der Waals surface area contributed by atoms with Crippen LogP contribution in [0.5, 0.6) is 0 Å². The van der Waals surface area contributed by atoms with E-state index in [-0.39, 0.29) is 0 Å². The lowest BCUT2D eigenvalue weighted by Gasteiger charge is -2.11. The number of anilines is 1. The van der Waals surface area contributed by atoms with E-state index in [1.807, 2.05) is 42.5 Å². The van der Waals surface area contributed by atoms with E-state index in [1.165, 1.54) is 5.56 Å². The number of hydrogen-bond donors (Lipinski definition) is 1. The number of nitrogens with one attached hydrogen (secondary N) is 1. The molecular formula is C18H15N3. The molecule has 21 heavy (non-hydrogen) atoms. The van der Waals surface area contributed by atoms with E-state index in [2.05, 4.69) is 29.4 Å². The summed E-state index contributed by atoms with van der Waals surface area (Å²) < 4.78 is 0. The highest BCUT2D eigenvalue weighted by atomic mass is 14.9. The molecule has 0 fully saturated rings. The number of fused-ring (bicyclic) bond motifs is 1. The molecule has 1 N–H and O–H groups in total. The normalized spacial score (nSPS) is 10.3. The lowest BCUT2D eigenvalue weighted by molar-refractivity contribution is 1.02. The Labute approximate surface area is 123 Å². The van der Waals surface area contributed by atoms with Gasteiger partial charge in [-0.2, -0.15) is 5.26 Å². The zero-order valence-electron chi connectivity index (χ0n) is 11.8. The van der Waals surface area contributed by atoms with Crippen LogP contribution in [-0.2, 0) is 6.54 Å². The van der Waals surface area contributed by atoms with Crippen molar-refractivity contribution in [2.24, 2.45) is 0 Å². The van der Waals surface area contributed by atoms with Gasteiger partial charge in [-0.3, -0.25) is 4.98 Å². The smallest absolute Gasteiger partial charge is 0.0998 e. The van der Waals surface area contributed by atoms with Gasteiger partial charge in [0.25, 0.3) is 0 Å². The summed E-state index contributed by atoms with van der Waals surface area (Å²) in [5.41, 5.74) is 3.92. The number of hydrogen-bond acceptors (Lipinski definition) is 3. The predicted molar refractivity (Wildman–Crippen MR) is 85.0 cm³/mol. The van der Waals surface area contributed by atoms with Crippen molar-refractivity contribution in [1.29, 1.82) is 5.26 Å². The Balaban J connectivity index is 1.95. The first-order valence-electron chi connectivity index (χ1n) is 6.86. The van der Waals surface area contributed by atoms with Crippen molar-refractivity contribution in [3.05, 3.63) is 71.5 Å². The van der Waals surface area contributed by atoms with Gasteiger partial charge in [0.15, 0.2) is 0 Å². The van der Waals surface area contributed by atoms with Crippen molar-refractivity contribution in [2.45, 2.75) is 13.5 Å². The second-order valence-electron chi connectivity index (χ2n) is 4.94. The fraction of sp³-hybridized carbons (Fsp3) is 0.111. The second-order valence-corrected chi connectivity index (χ2v) is 4.94. The Kier molecular flexibility index (Phi) is 3.53. The van der Waals surface area contributed by atoms with Crippen molar-refractivity contribution < 1.29 is 0 Å². The Morgan fingerprint density at radius 3 is 2.62 bits per heavy atom. The minimum Gasteiger partial charge on any atom is -0.379 e. The fourth-order valence-electron chi connectivity index (χ4n) is 2.43. The summed E-state index contributed by atoms with van der Waals surface area (Å²) in [4.78, 5) is 4.39. The zero-order chi connectivity index (χ0) is 14.7. The predicted octanol–water partition coefficient (Wildman–Crippen LogP) is 4.03. The van der Waals surface area contributed by atoms with Gasteiger partial charge in [-0.25, -0.2) is 0 Å². The molecule has 3 heteroatoms. The number of aryl methyl sites for hydroxylation is 1. The first kappa shape index (κ1) is 13.1. The average Bonchev–Trinajstić information content (AvgIpc) is 2.54. The van der Waals surface area contributed by atoms with E-state index in [0.717, 1.165) is 22.2 Å². The van der Waals surface area contributed by atoms with Gasteiger partial charge in [0.2, 0.25) is 0 Å². The van der Waals surface area contributed by atoms with Gasteiger partial charge in [0.1, 0.15) is 0 Å². The molecule has 0 aliphatic carbocycles. The molecule has 3 aromatic rings. The molecular weight excluding hydrogens is 258 g/mol. The molecule has 0 aliphatic heterocycles. The number of aromatic nitrogens is 1. The average molecular weight is 273 g/mol. The van der Waals surface area contributed by atoms with Crippen molar-refractivity contribution >= 4 is 16.5 Å². The largest absolute Gasteiger partial charge is 0.379 e. The van der Waals surface area contributed by atoms with E-state index in [0.29, 0.717) is 12.1 Å². The third-order valence-electron chi connectivity index (χ3n) is 3.61. The lowest BCUT2D eigenvalue weighted by Crippen LogP contribution is -2.04. The minimum absolute atomic E-state index is 0.669. The molecule has 0 saturated heterocycles. The van der Waals surface area contributed by atoms with Crippen LogP contribution in [0.15, 0.2) is 54.7 Å². The van der Waals surface area contributed by atoms with Crippen LogP contribution in [0.1, 0.15) is 16.8 Å². The number of rotatable bonds is 3. The van der Waals surface area contributed by atoms with Crippen LogP contribution in [0.4, 0.5) is 5.69 Å². The van der Waals surface area contributed by atoms with Gasteiger partial charge < -0.3 is 5.32 Å². The maximum atomic E-state index is 9.19. The summed E-state index contributed by atoms with van der Waals surface area (Å²) in [6, 6.07) is 18.0.